The van der Waals surface area contributed by atoms with Gasteiger partial charge in [-0.3, -0.25) is 9.59 Å². The van der Waals surface area contributed by atoms with Gasteiger partial charge in [-0.05, 0) is 60.7 Å². The highest BCUT2D eigenvalue weighted by atomic mass is 19.1. The normalized spacial score (nSPS) is 17.4. The zero-order chi connectivity index (χ0) is 18.1. The van der Waals surface area contributed by atoms with E-state index in [1.54, 1.807) is 4.90 Å². The molecule has 26 heavy (non-hydrogen) atoms. The summed E-state index contributed by atoms with van der Waals surface area (Å²) in [6, 6.07) is 13.2. The third-order valence-corrected chi connectivity index (χ3v) is 5.01. The Morgan fingerprint density at radius 2 is 1.81 bits per heavy atom. The number of fused-ring (bicyclic) bond motifs is 1. The van der Waals surface area contributed by atoms with E-state index in [2.05, 4.69) is 4.98 Å². The zero-order valence-electron chi connectivity index (χ0n) is 14.2. The first-order chi connectivity index (χ1) is 12.6. The van der Waals surface area contributed by atoms with Gasteiger partial charge in [0.15, 0.2) is 5.78 Å². The first kappa shape index (κ1) is 16.5. The lowest BCUT2D eigenvalue weighted by molar-refractivity contribution is 0.0637. The molecule has 5 heteroatoms. The maximum absolute atomic E-state index is 13.1. The van der Waals surface area contributed by atoms with E-state index in [-0.39, 0.29) is 23.4 Å². The number of piperidine rings is 1. The van der Waals surface area contributed by atoms with E-state index in [1.165, 1.54) is 24.3 Å². The van der Waals surface area contributed by atoms with E-state index in [4.69, 9.17) is 0 Å². The number of likely N-dealkylation sites (tertiary alicyclic amines) is 1. The third-order valence-electron chi connectivity index (χ3n) is 5.01. The first-order valence-electron chi connectivity index (χ1n) is 8.78. The highest BCUT2D eigenvalue weighted by Crippen LogP contribution is 2.23. The number of carbonyl (C=O) groups is 2. The lowest BCUT2D eigenvalue weighted by atomic mass is 9.89. The van der Waals surface area contributed by atoms with Gasteiger partial charge in [0, 0.05) is 41.8 Å². The van der Waals surface area contributed by atoms with Crippen LogP contribution in [0.4, 0.5) is 4.39 Å². The molecule has 132 valence electrons. The second-order valence-corrected chi connectivity index (χ2v) is 6.74. The molecule has 2 heterocycles. The fourth-order valence-electron chi connectivity index (χ4n) is 3.59. The van der Waals surface area contributed by atoms with Crippen molar-refractivity contribution >= 4 is 22.6 Å². The van der Waals surface area contributed by atoms with E-state index in [0.29, 0.717) is 24.2 Å². The molecule has 1 fully saturated rings. The lowest BCUT2D eigenvalue weighted by Crippen LogP contribution is -2.42. The summed E-state index contributed by atoms with van der Waals surface area (Å²) in [7, 11) is 0. The number of carbonyl (C=O) groups excluding carboxylic acids is 2. The molecule has 4 nitrogen and oxygen atoms in total. The fraction of sp³-hybridized carbons (Fsp3) is 0.238. The number of nitrogens with one attached hydrogen (secondary N) is 1. The molecule has 1 saturated heterocycles. The number of aromatic amines is 1. The quantitative estimate of drug-likeness (QED) is 0.725. The second-order valence-electron chi connectivity index (χ2n) is 6.74. The van der Waals surface area contributed by atoms with Crippen molar-refractivity contribution in [1.82, 2.24) is 9.88 Å². The Kier molecular flexibility index (Phi) is 4.29. The van der Waals surface area contributed by atoms with E-state index < -0.39 is 0 Å². The Labute approximate surface area is 150 Å². The topological polar surface area (TPSA) is 53.2 Å². The van der Waals surface area contributed by atoms with Crippen molar-refractivity contribution in [1.29, 1.82) is 0 Å². The first-order valence-corrected chi connectivity index (χ1v) is 8.78. The van der Waals surface area contributed by atoms with Gasteiger partial charge in [-0.2, -0.15) is 0 Å². The summed E-state index contributed by atoms with van der Waals surface area (Å²) in [6.07, 6.45) is 3.38. The van der Waals surface area contributed by atoms with Crippen LogP contribution in [0.25, 0.3) is 10.9 Å². The van der Waals surface area contributed by atoms with Crippen LogP contribution in [0.1, 0.15) is 33.6 Å². The molecule has 0 saturated carbocycles. The maximum Gasteiger partial charge on any atom is 0.253 e. The number of hydrogen-bond acceptors (Lipinski definition) is 2. The Morgan fingerprint density at radius 1 is 1.04 bits per heavy atom. The molecule has 4 rings (SSSR count). The molecule has 0 radical (unpaired) electrons. The van der Waals surface area contributed by atoms with Crippen LogP contribution in [0.5, 0.6) is 0 Å². The summed E-state index contributed by atoms with van der Waals surface area (Å²) in [6.45, 7) is 1.05. The Bertz CT molecular complexity index is 962. The van der Waals surface area contributed by atoms with Gasteiger partial charge < -0.3 is 9.88 Å². The predicted octanol–water partition coefficient (Wildman–Crippen LogP) is 4.04. The van der Waals surface area contributed by atoms with Crippen molar-refractivity contribution in [3.63, 3.8) is 0 Å². The molecule has 0 spiro atoms. The fourth-order valence-corrected chi connectivity index (χ4v) is 3.59. The summed E-state index contributed by atoms with van der Waals surface area (Å²) in [5.74, 6) is -0.686. The number of Topliss-reactive ketones (excluding diaryl/α,β-unsaturated/α-hetero) is 1. The predicted molar refractivity (Wildman–Crippen MR) is 97.7 cm³/mol. The number of benzene rings is 2. The van der Waals surface area contributed by atoms with Gasteiger partial charge in [0.2, 0.25) is 0 Å². The molecule has 2 aromatic carbocycles. The maximum atomic E-state index is 13.1. The van der Waals surface area contributed by atoms with Gasteiger partial charge in [-0.25, -0.2) is 4.39 Å². The molecule has 1 aliphatic rings. The van der Waals surface area contributed by atoms with Crippen LogP contribution in [0.3, 0.4) is 0 Å². The molecule has 1 N–H and O–H groups in total. The summed E-state index contributed by atoms with van der Waals surface area (Å²) in [5.41, 5.74) is 2.04. The number of halogens is 1. The molecule has 0 unspecified atom stereocenters. The van der Waals surface area contributed by atoms with Crippen molar-refractivity contribution in [2.24, 2.45) is 5.92 Å². The van der Waals surface area contributed by atoms with Crippen LogP contribution in [0.15, 0.2) is 54.7 Å². The van der Waals surface area contributed by atoms with Gasteiger partial charge in [-0.1, -0.05) is 6.07 Å². The van der Waals surface area contributed by atoms with E-state index >= 15 is 0 Å². The van der Waals surface area contributed by atoms with Crippen molar-refractivity contribution in [2.45, 2.75) is 12.8 Å². The Morgan fingerprint density at radius 3 is 2.62 bits per heavy atom. The smallest absolute Gasteiger partial charge is 0.253 e. The molecule has 3 aromatic rings. The van der Waals surface area contributed by atoms with Crippen LogP contribution in [-0.4, -0.2) is 34.7 Å². The average Bonchev–Trinajstić information content (AvgIpc) is 3.15. The van der Waals surface area contributed by atoms with Crippen molar-refractivity contribution in [3.8, 4) is 0 Å². The third kappa shape index (κ3) is 3.12. The molecular weight excluding hydrogens is 331 g/mol. The lowest BCUT2D eigenvalue weighted by Gasteiger charge is -2.32. The minimum Gasteiger partial charge on any atom is -0.361 e. The number of rotatable bonds is 3. The van der Waals surface area contributed by atoms with Crippen molar-refractivity contribution in [3.05, 3.63) is 71.7 Å². The minimum absolute atomic E-state index is 0.0256. The van der Waals surface area contributed by atoms with E-state index in [0.717, 1.165) is 23.7 Å². The summed E-state index contributed by atoms with van der Waals surface area (Å²) >= 11 is 0. The SMILES string of the molecule is O=C(c1ccc(F)cc1)[C@H]1CCCN(C(=O)c2ccc3cc[nH]c3c2)C1. The van der Waals surface area contributed by atoms with Crippen molar-refractivity contribution < 1.29 is 14.0 Å². The van der Waals surface area contributed by atoms with Crippen molar-refractivity contribution in [2.75, 3.05) is 13.1 Å². The van der Waals surface area contributed by atoms with Crippen LogP contribution >= 0.6 is 0 Å². The van der Waals surface area contributed by atoms with Gasteiger partial charge in [0.25, 0.3) is 5.91 Å². The summed E-state index contributed by atoms with van der Waals surface area (Å²) < 4.78 is 13.1. The summed E-state index contributed by atoms with van der Waals surface area (Å²) in [5, 5.41) is 1.06. The second kappa shape index (κ2) is 6.75. The Hall–Kier alpha value is -2.95. The molecule has 1 atom stereocenters. The molecular formula is C21H19FN2O2. The summed E-state index contributed by atoms with van der Waals surface area (Å²) in [4.78, 5) is 30.4. The number of nitrogens with zero attached hydrogens (tertiary/aromatic N) is 1. The number of aromatic nitrogens is 1. The highest BCUT2D eigenvalue weighted by Gasteiger charge is 2.29. The number of amides is 1. The van der Waals surface area contributed by atoms with Gasteiger partial charge in [0.05, 0.1) is 0 Å². The highest BCUT2D eigenvalue weighted by molar-refractivity contribution is 6.00. The van der Waals surface area contributed by atoms with Crippen LogP contribution in [-0.2, 0) is 0 Å². The van der Waals surface area contributed by atoms with E-state index in [1.807, 2.05) is 30.5 Å². The molecule has 0 bridgehead atoms. The molecule has 1 amide bonds. The average molecular weight is 350 g/mol. The monoisotopic (exact) mass is 350 g/mol. The molecule has 1 aromatic heterocycles. The van der Waals surface area contributed by atoms with Crippen LogP contribution in [0, 0.1) is 11.7 Å². The van der Waals surface area contributed by atoms with Gasteiger partial charge in [0.1, 0.15) is 5.82 Å². The van der Waals surface area contributed by atoms with Gasteiger partial charge in [-0.15, -0.1) is 0 Å². The number of ketones is 1. The van der Waals surface area contributed by atoms with Crippen LogP contribution in [0.2, 0.25) is 0 Å². The van der Waals surface area contributed by atoms with Crippen LogP contribution < -0.4 is 0 Å². The zero-order valence-corrected chi connectivity index (χ0v) is 14.2. The van der Waals surface area contributed by atoms with E-state index in [9.17, 15) is 14.0 Å². The standard InChI is InChI=1S/C21H19FN2O2/c22-18-7-5-15(6-8-18)20(25)17-2-1-11-24(13-17)21(26)16-4-3-14-9-10-23-19(14)12-16/h3-10,12,17,23H,1-2,11,13H2/t17-/m0/s1. The molecule has 0 aliphatic carbocycles. The Balaban J connectivity index is 1.51. The minimum atomic E-state index is -0.360. The largest absolute Gasteiger partial charge is 0.361 e. The number of hydrogen-bond donors (Lipinski definition) is 1. The number of H-pyrrole nitrogens is 1. The van der Waals surface area contributed by atoms with Gasteiger partial charge >= 0.3 is 0 Å². The molecule has 1 aliphatic heterocycles.